The van der Waals surface area contributed by atoms with Crippen molar-refractivity contribution in [1.82, 2.24) is 9.78 Å². The molecule has 0 saturated carbocycles. The van der Waals surface area contributed by atoms with Crippen LogP contribution in [0, 0.1) is 6.92 Å². The number of fused-ring (bicyclic) bond motifs is 1. The molecule has 0 spiro atoms. The fourth-order valence-electron chi connectivity index (χ4n) is 3.78. The van der Waals surface area contributed by atoms with Crippen LogP contribution in [0.25, 0.3) is 0 Å². The van der Waals surface area contributed by atoms with E-state index in [9.17, 15) is 13.2 Å². The highest BCUT2D eigenvalue weighted by molar-refractivity contribution is 7.91. The van der Waals surface area contributed by atoms with Gasteiger partial charge in [0.05, 0.1) is 23.2 Å². The maximum atomic E-state index is 13.0. The molecule has 7 heteroatoms. The highest BCUT2D eigenvalue weighted by Gasteiger charge is 2.35. The number of carbonyl (C=O) groups is 1. The van der Waals surface area contributed by atoms with E-state index in [2.05, 4.69) is 10.4 Å². The van der Waals surface area contributed by atoms with Crippen molar-refractivity contribution in [1.29, 1.82) is 0 Å². The molecule has 4 rings (SSSR count). The van der Waals surface area contributed by atoms with E-state index in [1.165, 1.54) is 0 Å². The molecule has 1 aromatic heterocycles. The Morgan fingerprint density at radius 1 is 1.28 bits per heavy atom. The topological polar surface area (TPSA) is 81.1 Å². The molecule has 2 aromatic rings. The molecule has 25 heavy (non-hydrogen) atoms. The quantitative estimate of drug-likeness (QED) is 0.912. The Morgan fingerprint density at radius 3 is 2.80 bits per heavy atom. The van der Waals surface area contributed by atoms with Crippen LogP contribution in [-0.2, 0) is 22.7 Å². The summed E-state index contributed by atoms with van der Waals surface area (Å²) < 4.78 is 25.4. The number of rotatable bonds is 3. The first kappa shape index (κ1) is 16.3. The summed E-state index contributed by atoms with van der Waals surface area (Å²) in [5, 5.41) is 7.59. The summed E-state index contributed by atoms with van der Waals surface area (Å²) in [7, 11) is -3.04. The molecule has 1 unspecified atom stereocenters. The number of nitrogens with zero attached hydrogens (tertiary/aromatic N) is 2. The van der Waals surface area contributed by atoms with Crippen molar-refractivity contribution < 1.29 is 13.2 Å². The summed E-state index contributed by atoms with van der Waals surface area (Å²) in [5.74, 6) is 0.0356. The number of nitrogens with one attached hydrogen (secondary N) is 1. The highest BCUT2D eigenvalue weighted by atomic mass is 32.2. The molecule has 1 N–H and O–H groups in total. The lowest BCUT2D eigenvalue weighted by molar-refractivity contribution is 0.101. The zero-order valence-corrected chi connectivity index (χ0v) is 15.0. The van der Waals surface area contributed by atoms with Gasteiger partial charge < -0.3 is 5.32 Å². The van der Waals surface area contributed by atoms with E-state index < -0.39 is 9.84 Å². The Kier molecular flexibility index (Phi) is 3.91. The molecule has 132 valence electrons. The van der Waals surface area contributed by atoms with E-state index in [1.807, 2.05) is 31.2 Å². The second kappa shape index (κ2) is 5.98. The minimum absolute atomic E-state index is 0.0677. The average Bonchev–Trinajstić information content (AvgIpc) is 3.22. The standard InChI is InChI=1S/C18H21N3O3S/c1-12-5-2-3-7-15(12)19-18(22)17-14-6-4-8-16(14)20-21(17)13-9-10-25(23,24)11-13/h2-3,5,7,13H,4,6,8-11H2,1H3,(H,19,22). The van der Waals surface area contributed by atoms with E-state index >= 15 is 0 Å². The number of sulfone groups is 1. The summed E-state index contributed by atoms with van der Waals surface area (Å²) in [4.78, 5) is 13.0. The molecule has 1 aliphatic carbocycles. The SMILES string of the molecule is Cc1ccccc1NC(=O)c1c2c(nn1C1CCS(=O)(=O)C1)CCC2. The van der Waals surface area contributed by atoms with Gasteiger partial charge in [-0.25, -0.2) is 8.42 Å². The first-order valence-corrected chi connectivity index (χ1v) is 10.4. The molecular weight excluding hydrogens is 338 g/mol. The van der Waals surface area contributed by atoms with E-state index in [-0.39, 0.29) is 23.5 Å². The zero-order chi connectivity index (χ0) is 17.6. The number of anilines is 1. The van der Waals surface area contributed by atoms with Crippen molar-refractivity contribution in [3.63, 3.8) is 0 Å². The molecule has 2 aliphatic rings. The number of carbonyl (C=O) groups excluding carboxylic acids is 1. The van der Waals surface area contributed by atoms with Crippen LogP contribution in [-0.4, -0.2) is 35.6 Å². The maximum Gasteiger partial charge on any atom is 0.274 e. The Bertz CT molecular complexity index is 946. The summed E-state index contributed by atoms with van der Waals surface area (Å²) in [6.07, 6.45) is 3.19. The van der Waals surface area contributed by atoms with Crippen LogP contribution in [0.2, 0.25) is 0 Å². The predicted molar refractivity (Wildman–Crippen MR) is 95.7 cm³/mol. The van der Waals surface area contributed by atoms with Crippen molar-refractivity contribution >= 4 is 21.4 Å². The zero-order valence-electron chi connectivity index (χ0n) is 14.2. The molecule has 1 aliphatic heterocycles. The monoisotopic (exact) mass is 359 g/mol. The molecular formula is C18H21N3O3S. The van der Waals surface area contributed by atoms with E-state index in [4.69, 9.17) is 0 Å². The Labute approximate surface area is 147 Å². The lowest BCUT2D eigenvalue weighted by atomic mass is 10.1. The molecule has 0 radical (unpaired) electrons. The van der Waals surface area contributed by atoms with Crippen molar-refractivity contribution in [3.05, 3.63) is 46.8 Å². The number of benzene rings is 1. The van der Waals surface area contributed by atoms with Gasteiger partial charge in [-0.1, -0.05) is 18.2 Å². The van der Waals surface area contributed by atoms with Crippen LogP contribution >= 0.6 is 0 Å². The van der Waals surface area contributed by atoms with Gasteiger partial charge in [-0.2, -0.15) is 5.10 Å². The van der Waals surface area contributed by atoms with Gasteiger partial charge in [0.25, 0.3) is 5.91 Å². The molecule has 0 bridgehead atoms. The maximum absolute atomic E-state index is 13.0. The third-order valence-electron chi connectivity index (χ3n) is 5.09. The summed E-state index contributed by atoms with van der Waals surface area (Å²) in [6, 6.07) is 7.38. The predicted octanol–water partition coefficient (Wildman–Crippen LogP) is 2.29. The van der Waals surface area contributed by atoms with Gasteiger partial charge in [-0.3, -0.25) is 9.48 Å². The fraction of sp³-hybridized carbons (Fsp3) is 0.444. The van der Waals surface area contributed by atoms with Crippen LogP contribution in [0.5, 0.6) is 0 Å². The van der Waals surface area contributed by atoms with Gasteiger partial charge in [0, 0.05) is 11.3 Å². The van der Waals surface area contributed by atoms with Gasteiger partial charge in [0.15, 0.2) is 9.84 Å². The minimum atomic E-state index is -3.04. The Hall–Kier alpha value is -2.15. The van der Waals surface area contributed by atoms with Crippen molar-refractivity contribution in [2.24, 2.45) is 0 Å². The lowest BCUT2D eigenvalue weighted by Gasteiger charge is -2.15. The van der Waals surface area contributed by atoms with Crippen molar-refractivity contribution in [2.45, 2.75) is 38.6 Å². The second-order valence-electron chi connectivity index (χ2n) is 6.90. The first-order valence-electron chi connectivity index (χ1n) is 8.62. The van der Waals surface area contributed by atoms with E-state index in [0.717, 1.165) is 41.8 Å². The summed E-state index contributed by atoms with van der Waals surface area (Å²) in [5.41, 5.74) is 4.22. The van der Waals surface area contributed by atoms with Crippen LogP contribution in [0.15, 0.2) is 24.3 Å². The first-order chi connectivity index (χ1) is 11.9. The highest BCUT2D eigenvalue weighted by Crippen LogP contribution is 2.31. The van der Waals surface area contributed by atoms with Crippen LogP contribution in [0.1, 0.15) is 46.2 Å². The van der Waals surface area contributed by atoms with Gasteiger partial charge in [0.2, 0.25) is 0 Å². The van der Waals surface area contributed by atoms with Crippen LogP contribution in [0.4, 0.5) is 5.69 Å². The molecule has 6 nitrogen and oxygen atoms in total. The lowest BCUT2D eigenvalue weighted by Crippen LogP contribution is -2.23. The molecule has 1 amide bonds. The number of aromatic nitrogens is 2. The van der Waals surface area contributed by atoms with Gasteiger partial charge >= 0.3 is 0 Å². The molecule has 1 aromatic carbocycles. The number of amides is 1. The molecule has 2 heterocycles. The number of hydrogen-bond donors (Lipinski definition) is 1. The number of hydrogen-bond acceptors (Lipinski definition) is 4. The van der Waals surface area contributed by atoms with Gasteiger partial charge in [0.1, 0.15) is 5.69 Å². The third-order valence-corrected chi connectivity index (χ3v) is 6.85. The summed E-state index contributed by atoms with van der Waals surface area (Å²) >= 11 is 0. The van der Waals surface area contributed by atoms with Gasteiger partial charge in [-0.15, -0.1) is 0 Å². The smallest absolute Gasteiger partial charge is 0.274 e. The minimum Gasteiger partial charge on any atom is -0.320 e. The average molecular weight is 359 g/mol. The van der Waals surface area contributed by atoms with Crippen molar-refractivity contribution in [3.8, 4) is 0 Å². The van der Waals surface area contributed by atoms with Crippen molar-refractivity contribution in [2.75, 3.05) is 16.8 Å². The van der Waals surface area contributed by atoms with Crippen LogP contribution < -0.4 is 5.32 Å². The molecule has 1 atom stereocenters. The normalized spacial score (nSPS) is 21.2. The fourth-order valence-corrected chi connectivity index (χ4v) is 5.47. The van der Waals surface area contributed by atoms with E-state index in [1.54, 1.807) is 4.68 Å². The van der Waals surface area contributed by atoms with E-state index in [0.29, 0.717) is 12.1 Å². The largest absolute Gasteiger partial charge is 0.320 e. The molecule has 1 saturated heterocycles. The Morgan fingerprint density at radius 2 is 2.08 bits per heavy atom. The third kappa shape index (κ3) is 2.97. The second-order valence-corrected chi connectivity index (χ2v) is 9.13. The Balaban J connectivity index is 1.71. The summed E-state index contributed by atoms with van der Waals surface area (Å²) in [6.45, 7) is 1.95. The molecule has 1 fully saturated rings. The van der Waals surface area contributed by atoms with Crippen LogP contribution in [0.3, 0.4) is 0 Å². The van der Waals surface area contributed by atoms with Gasteiger partial charge in [-0.05, 0) is 44.2 Å². The number of aryl methyl sites for hydroxylation is 2. The number of para-hydroxylation sites is 1.